The predicted octanol–water partition coefficient (Wildman–Crippen LogP) is -23.9. The Morgan fingerprint density at radius 3 is 0.894 bits per heavy atom. The lowest BCUT2D eigenvalue weighted by molar-refractivity contribution is -0.391. The maximum Gasteiger partial charge on any atom is 0.364 e. The van der Waals surface area contributed by atoms with E-state index in [1.54, 1.807) is 0 Å². The van der Waals surface area contributed by atoms with E-state index in [-0.39, 0.29) is 0 Å². The highest BCUT2D eigenvalue weighted by molar-refractivity contribution is 5.78. The molecule has 0 bridgehead atoms. The fraction of sp³-hybridized carbons (Fsp3) is 0.897. The van der Waals surface area contributed by atoms with Crippen LogP contribution in [0.3, 0.4) is 0 Å². The summed E-state index contributed by atoms with van der Waals surface area (Å²) in [4.78, 5) is 103. The molecular formula is C78H130N6O57. The van der Waals surface area contributed by atoms with Crippen LogP contribution in [0.4, 0.5) is 0 Å². The summed E-state index contributed by atoms with van der Waals surface area (Å²) in [7, 11) is 0. The van der Waals surface area contributed by atoms with Gasteiger partial charge in [-0.1, -0.05) is 0 Å². The first-order valence-electron chi connectivity index (χ1n) is 44.3. The highest BCUT2D eigenvalue weighted by Gasteiger charge is 2.65. The summed E-state index contributed by atoms with van der Waals surface area (Å²) in [6, 6.07) is -11.4. The monoisotopic (exact) mass is 2060 g/mol. The summed E-state index contributed by atoms with van der Waals surface area (Å²) in [5.41, 5.74) is 0. The first-order chi connectivity index (χ1) is 66.3. The minimum absolute atomic E-state index is 0.877. The zero-order chi connectivity index (χ0) is 105. The number of aliphatic hydroxyl groups excluding tert-OH is 29. The molecule has 9 aliphatic heterocycles. The predicted molar refractivity (Wildman–Crippen MR) is 436 cm³/mol. The average Bonchev–Trinajstić information content (AvgIpc) is 0.755. The molecule has 9 fully saturated rings. The van der Waals surface area contributed by atoms with Gasteiger partial charge in [0.25, 0.3) is 11.6 Å². The number of carboxylic acids is 2. The van der Waals surface area contributed by atoms with Crippen molar-refractivity contribution in [3.8, 4) is 0 Å². The standard InChI is InChI=1S/C78H130N6O57/c1-20(95)79-26(9-85)58(132-73-56(118)66(49(111)34(14-90)127-73)140-77(75(120)121)7-27(101)39(80-21(2)96)62(138-77)44(106)29(103)10-86)46(108)31(105)19-124-68-41(82-23(4)98)51(113)59(36(16-92)129-68)133-71-54(116)64(47(109)32(12-88)125-71)136-69-42(83-24(5)99)52(114)60(37(17-93)130-69)134-72-55(117)65(48(110)33(13-89)126-72)137-70-43(84-25(6)100)53(115)61(38(18-94)131-70)135-74-57(119)67(50(112)35(15-91)128-74)141-78(76(122)123)8-28(102)40(81-22(3)97)63(139-78)45(107)30(104)11-87/h26-74,85-94,101-119H,7-19H2,1-6H3,(H,79,95)(H,80,96)(H,81,97)(H,82,98)(H,83,99)(H,84,100)(H,120,121)(H,122,123)/t26-,27-,28-,29+,30+,31+,32+,33+,34+,35+,36+,37+,38+,39+,40+,41+,42+,43+,44+,45+,46-,47-,48-,49-,50-,51+,52+,53+,54+,55+,56+,57+,58+,59+,60+,61+,62+,63+,64-,65-,66-,67-,68+,69-,70-,71-,72-,73-,74-,77-,78-/m0/s1. The molecular weight excluding hydrogens is 1930 g/mol. The fourth-order valence-corrected chi connectivity index (χ4v) is 17.8. The van der Waals surface area contributed by atoms with E-state index in [2.05, 4.69) is 31.9 Å². The molecule has 9 saturated heterocycles. The Balaban J connectivity index is 0.892. The second kappa shape index (κ2) is 51.7. The maximum atomic E-state index is 13.2. The van der Waals surface area contributed by atoms with Gasteiger partial charge >= 0.3 is 11.9 Å². The van der Waals surface area contributed by atoms with Gasteiger partial charge in [-0.2, -0.15) is 0 Å². The number of ether oxygens (including phenoxy) is 18. The van der Waals surface area contributed by atoms with Gasteiger partial charge in [0.2, 0.25) is 35.4 Å². The molecule has 9 rings (SSSR count). The van der Waals surface area contributed by atoms with Gasteiger partial charge in [-0.15, -0.1) is 0 Å². The van der Waals surface area contributed by atoms with E-state index in [4.69, 9.17) is 85.3 Å². The van der Waals surface area contributed by atoms with Crippen molar-refractivity contribution in [2.45, 2.75) is 366 Å². The van der Waals surface area contributed by atoms with Gasteiger partial charge in [0, 0.05) is 54.4 Å². The molecule has 63 nitrogen and oxygen atoms in total. The Hall–Kier alpha value is -6.12. The van der Waals surface area contributed by atoms with Crippen molar-refractivity contribution in [3.63, 3.8) is 0 Å². The van der Waals surface area contributed by atoms with Crippen molar-refractivity contribution in [1.29, 1.82) is 0 Å². The fourth-order valence-electron chi connectivity index (χ4n) is 17.8. The highest BCUT2D eigenvalue weighted by atomic mass is 16.8. The van der Waals surface area contributed by atoms with Gasteiger partial charge < -0.3 is 275 Å². The van der Waals surface area contributed by atoms with Crippen molar-refractivity contribution < 1.29 is 282 Å². The second-order valence-electron chi connectivity index (χ2n) is 35.1. The van der Waals surface area contributed by atoms with Crippen LogP contribution in [0.15, 0.2) is 0 Å². The number of aliphatic hydroxyl groups is 29. The van der Waals surface area contributed by atoms with E-state index in [1.165, 1.54) is 0 Å². The lowest BCUT2D eigenvalue weighted by atomic mass is 9.88. The molecule has 51 atom stereocenters. The molecule has 9 aliphatic rings. The number of amides is 6. The summed E-state index contributed by atoms with van der Waals surface area (Å²) >= 11 is 0. The number of carbonyl (C=O) groups is 8. The van der Waals surface area contributed by atoms with Gasteiger partial charge in [0.05, 0.1) is 103 Å². The third-order valence-electron chi connectivity index (χ3n) is 24.9. The summed E-state index contributed by atoms with van der Waals surface area (Å²) in [5, 5.41) is 360. The quantitative estimate of drug-likeness (QED) is 0.0269. The topological polar surface area (TPSA) is 1000 Å². The first-order valence-corrected chi connectivity index (χ1v) is 44.3. The molecule has 0 spiro atoms. The second-order valence-corrected chi connectivity index (χ2v) is 35.1. The molecule has 0 saturated carbocycles. The van der Waals surface area contributed by atoms with Crippen LogP contribution < -0.4 is 31.9 Å². The van der Waals surface area contributed by atoms with E-state index >= 15 is 0 Å². The van der Waals surface area contributed by atoms with E-state index in [0.717, 1.165) is 41.5 Å². The molecule has 814 valence electrons. The van der Waals surface area contributed by atoms with Crippen LogP contribution in [-0.2, 0) is 124 Å². The molecule has 63 heteroatoms. The Labute approximate surface area is 797 Å². The molecule has 0 aromatic carbocycles. The Bertz CT molecular complexity index is 4010. The third kappa shape index (κ3) is 27.1. The molecule has 0 radical (unpaired) electrons. The van der Waals surface area contributed by atoms with Crippen molar-refractivity contribution in [2.24, 2.45) is 0 Å². The zero-order valence-corrected chi connectivity index (χ0v) is 76.0. The summed E-state index contributed by atoms with van der Waals surface area (Å²) in [6.07, 6.45) is -98.6. The number of rotatable bonds is 44. The van der Waals surface area contributed by atoms with Crippen LogP contribution in [0, 0.1) is 0 Å². The van der Waals surface area contributed by atoms with Crippen molar-refractivity contribution in [2.75, 3.05) is 72.7 Å². The Morgan fingerprint density at radius 2 is 0.596 bits per heavy atom. The van der Waals surface area contributed by atoms with E-state index in [9.17, 15) is 197 Å². The number of hydrogen-bond donors (Lipinski definition) is 37. The summed E-state index contributed by atoms with van der Waals surface area (Å²) < 4.78 is 105. The number of aliphatic carboxylic acids is 2. The largest absolute Gasteiger partial charge is 0.477 e. The number of nitrogens with one attached hydrogen (secondary N) is 6. The van der Waals surface area contributed by atoms with Crippen LogP contribution in [-0.4, -0.2) is 590 Å². The third-order valence-corrected chi connectivity index (χ3v) is 24.9. The van der Waals surface area contributed by atoms with Gasteiger partial charge in [0.15, 0.2) is 44.0 Å². The number of carboxylic acid groups (broad SMARTS) is 2. The normalized spacial score (nSPS) is 43.0. The van der Waals surface area contributed by atoms with Gasteiger partial charge in [-0.3, -0.25) is 28.8 Å². The summed E-state index contributed by atoms with van der Waals surface area (Å²) in [5.74, 6) is -16.7. The van der Waals surface area contributed by atoms with Gasteiger partial charge in [-0.25, -0.2) is 9.59 Å². The minimum atomic E-state index is -3.32. The van der Waals surface area contributed by atoms with E-state index < -0.39 is 444 Å². The molecule has 9 heterocycles. The van der Waals surface area contributed by atoms with Crippen LogP contribution in [0.1, 0.15) is 54.4 Å². The molecule has 141 heavy (non-hydrogen) atoms. The molecule has 0 aromatic heterocycles. The van der Waals surface area contributed by atoms with Gasteiger partial charge in [-0.05, 0) is 0 Å². The highest BCUT2D eigenvalue weighted by Crippen LogP contribution is 2.44. The molecule has 0 aliphatic carbocycles. The molecule has 37 N–H and O–H groups in total. The molecule has 0 aromatic rings. The minimum Gasteiger partial charge on any atom is -0.477 e. The van der Waals surface area contributed by atoms with Crippen molar-refractivity contribution in [3.05, 3.63) is 0 Å². The lowest BCUT2D eigenvalue weighted by Gasteiger charge is -2.51. The van der Waals surface area contributed by atoms with E-state index in [1.807, 2.05) is 0 Å². The van der Waals surface area contributed by atoms with Crippen LogP contribution >= 0.6 is 0 Å². The van der Waals surface area contributed by atoms with Crippen LogP contribution in [0.5, 0.6) is 0 Å². The van der Waals surface area contributed by atoms with E-state index in [0.29, 0.717) is 0 Å². The van der Waals surface area contributed by atoms with Crippen LogP contribution in [0.2, 0.25) is 0 Å². The number of hydrogen-bond acceptors (Lipinski definition) is 55. The number of carbonyl (C=O) groups excluding carboxylic acids is 6. The van der Waals surface area contributed by atoms with Crippen molar-refractivity contribution in [1.82, 2.24) is 31.9 Å². The Morgan fingerprint density at radius 1 is 0.319 bits per heavy atom. The van der Waals surface area contributed by atoms with Crippen molar-refractivity contribution >= 4 is 47.4 Å². The average molecular weight is 2060 g/mol. The first kappa shape index (κ1) is 118. The molecule has 6 amide bonds. The van der Waals surface area contributed by atoms with Gasteiger partial charge in [0.1, 0.15) is 226 Å². The zero-order valence-electron chi connectivity index (χ0n) is 76.0. The smallest absolute Gasteiger partial charge is 0.364 e. The summed E-state index contributed by atoms with van der Waals surface area (Å²) in [6.45, 7) is -8.02. The molecule has 0 unspecified atom stereocenters. The lowest BCUT2D eigenvalue weighted by Crippen LogP contribution is -2.71. The SMILES string of the molecule is CC(=O)N[C@H]1[C@H](OC[C@@H](O)[C@H](O)[C@H](O[C@@H]2O[C@H](CO)[C@H](O)[C@H](O[C@]3(C(=O)O)C[C@H](O)[C@@H](NC(C)=O)[C@H]([C@H](O)[C@H](O)CO)O3)[C@H]2O)[C@H](CO)NC(C)=O)O[C@H](CO)[C@@H](O[C@@H]2O[C@H](CO)[C@H](O)[C@H](O[C@@H]3O[C@H](CO)[C@@H](O[C@@H]4O[C@H](CO)[C@H](O)[C@H](O[C@@H]5O[C@H](CO)[C@@H](O[C@@H]6O[C@H](CO)[C@H](O)[C@H](O[C@]7(C(=O)O)C[C@H](O)[C@@H](NC(C)=O)[C@H]([C@H](O)[C@H](O)CO)O7)[C@H]6O)[C@H](O)[C@H]5NC(C)=O)[C@H]4O)[C@H](O)[C@H]3NC(C)=O)[C@H]2O)[C@@H]1O. The maximum absolute atomic E-state index is 13.2. The van der Waals surface area contributed by atoms with Crippen LogP contribution in [0.25, 0.3) is 0 Å². The Kier molecular flexibility index (Phi) is 43.4.